The summed E-state index contributed by atoms with van der Waals surface area (Å²) in [7, 11) is 3.14. The van der Waals surface area contributed by atoms with Gasteiger partial charge < -0.3 is 24.3 Å². The van der Waals surface area contributed by atoms with E-state index in [1.165, 1.54) is 30.1 Å². The number of methoxy groups -OCH3 is 2. The van der Waals surface area contributed by atoms with Crippen LogP contribution in [0.1, 0.15) is 12.5 Å². The number of nitrogens with zero attached hydrogens (tertiary/aromatic N) is 4. The van der Waals surface area contributed by atoms with Gasteiger partial charge in [0.2, 0.25) is 0 Å². The maximum atomic E-state index is 12.1. The van der Waals surface area contributed by atoms with Crippen molar-refractivity contribution >= 4 is 23.9 Å². The van der Waals surface area contributed by atoms with Crippen LogP contribution in [0.4, 0.5) is 0 Å². The SMILES string of the molecule is CCn1c(SCC(=O)NN=Cc2ccc(O)c(O)c2)nnc1-c1ccc(OC)c(OC)c1. The van der Waals surface area contributed by atoms with Crippen molar-refractivity contribution in [3.05, 3.63) is 42.0 Å². The van der Waals surface area contributed by atoms with Gasteiger partial charge in [0.15, 0.2) is 34.0 Å². The van der Waals surface area contributed by atoms with E-state index in [1.807, 2.05) is 23.6 Å². The van der Waals surface area contributed by atoms with Gasteiger partial charge in [-0.3, -0.25) is 4.79 Å². The number of carbonyl (C=O) groups excluding carboxylic acids is 1. The Morgan fingerprint density at radius 3 is 2.59 bits per heavy atom. The highest BCUT2D eigenvalue weighted by Crippen LogP contribution is 2.32. The number of nitrogens with one attached hydrogen (secondary N) is 1. The van der Waals surface area contributed by atoms with E-state index in [4.69, 9.17) is 9.47 Å². The number of aromatic nitrogens is 3. The van der Waals surface area contributed by atoms with Crippen LogP contribution in [0.2, 0.25) is 0 Å². The van der Waals surface area contributed by atoms with E-state index in [-0.39, 0.29) is 23.2 Å². The van der Waals surface area contributed by atoms with Crippen molar-refractivity contribution in [1.29, 1.82) is 0 Å². The molecule has 0 bridgehead atoms. The van der Waals surface area contributed by atoms with Gasteiger partial charge in [-0.25, -0.2) is 5.43 Å². The highest BCUT2D eigenvalue weighted by molar-refractivity contribution is 7.99. The first-order chi connectivity index (χ1) is 15.5. The maximum absolute atomic E-state index is 12.1. The first-order valence-electron chi connectivity index (χ1n) is 9.59. The van der Waals surface area contributed by atoms with Crippen LogP contribution in [0.3, 0.4) is 0 Å². The number of ether oxygens (including phenoxy) is 2. The van der Waals surface area contributed by atoms with Gasteiger partial charge in [-0.1, -0.05) is 11.8 Å². The number of phenols is 2. The second-order valence-electron chi connectivity index (χ2n) is 6.45. The Balaban J connectivity index is 1.64. The number of thioether (sulfide) groups is 1. The lowest BCUT2D eigenvalue weighted by Gasteiger charge is -2.10. The number of hydrogen-bond acceptors (Lipinski definition) is 9. The smallest absolute Gasteiger partial charge is 0.250 e. The minimum Gasteiger partial charge on any atom is -0.504 e. The molecule has 3 rings (SSSR count). The van der Waals surface area contributed by atoms with Gasteiger partial charge in [-0.2, -0.15) is 5.10 Å². The number of hydrogen-bond donors (Lipinski definition) is 3. The predicted molar refractivity (Wildman–Crippen MR) is 120 cm³/mol. The summed E-state index contributed by atoms with van der Waals surface area (Å²) in [4.78, 5) is 12.1. The summed E-state index contributed by atoms with van der Waals surface area (Å²) in [6.07, 6.45) is 1.37. The van der Waals surface area contributed by atoms with E-state index in [0.717, 1.165) is 5.56 Å². The largest absolute Gasteiger partial charge is 0.504 e. The topological polar surface area (TPSA) is 131 Å². The van der Waals surface area contributed by atoms with Crippen molar-refractivity contribution in [2.24, 2.45) is 5.10 Å². The highest BCUT2D eigenvalue weighted by atomic mass is 32.2. The molecule has 3 aromatic rings. The zero-order valence-corrected chi connectivity index (χ0v) is 18.6. The van der Waals surface area contributed by atoms with Crippen molar-refractivity contribution < 1.29 is 24.5 Å². The van der Waals surface area contributed by atoms with Crippen molar-refractivity contribution in [2.75, 3.05) is 20.0 Å². The molecule has 0 unspecified atom stereocenters. The number of amides is 1. The Morgan fingerprint density at radius 2 is 1.91 bits per heavy atom. The molecule has 2 aromatic carbocycles. The molecular weight excluding hydrogens is 434 g/mol. The Bertz CT molecular complexity index is 1130. The Labute approximate surface area is 188 Å². The van der Waals surface area contributed by atoms with Crippen molar-refractivity contribution in [2.45, 2.75) is 18.6 Å². The molecule has 0 saturated carbocycles. The van der Waals surface area contributed by atoms with Gasteiger partial charge in [0.05, 0.1) is 26.2 Å². The fourth-order valence-corrected chi connectivity index (χ4v) is 3.63. The third kappa shape index (κ3) is 5.30. The van der Waals surface area contributed by atoms with E-state index in [2.05, 4.69) is 20.7 Å². The van der Waals surface area contributed by atoms with E-state index in [9.17, 15) is 15.0 Å². The van der Waals surface area contributed by atoms with Crippen LogP contribution in [-0.4, -0.2) is 57.1 Å². The molecule has 0 fully saturated rings. The molecule has 0 aliphatic carbocycles. The van der Waals surface area contributed by atoms with Crippen LogP contribution >= 0.6 is 11.8 Å². The Kier molecular flexibility index (Phi) is 7.55. The van der Waals surface area contributed by atoms with Gasteiger partial charge in [-0.15, -0.1) is 10.2 Å². The number of aromatic hydroxyl groups is 2. The number of hydrazone groups is 1. The molecule has 1 aromatic heterocycles. The monoisotopic (exact) mass is 457 g/mol. The van der Waals surface area contributed by atoms with Crippen LogP contribution in [0.5, 0.6) is 23.0 Å². The number of benzene rings is 2. The van der Waals surface area contributed by atoms with E-state index < -0.39 is 0 Å². The van der Waals surface area contributed by atoms with Crippen LogP contribution in [0, 0.1) is 0 Å². The maximum Gasteiger partial charge on any atom is 0.250 e. The lowest BCUT2D eigenvalue weighted by molar-refractivity contribution is -0.118. The van der Waals surface area contributed by atoms with E-state index in [0.29, 0.717) is 34.6 Å². The summed E-state index contributed by atoms with van der Waals surface area (Å²) in [5.41, 5.74) is 3.76. The normalized spacial score (nSPS) is 11.0. The van der Waals surface area contributed by atoms with Gasteiger partial charge in [-0.05, 0) is 48.9 Å². The predicted octanol–water partition coefficient (Wildman–Crippen LogP) is 2.64. The highest BCUT2D eigenvalue weighted by Gasteiger charge is 2.16. The van der Waals surface area contributed by atoms with Crippen molar-refractivity contribution in [3.63, 3.8) is 0 Å². The van der Waals surface area contributed by atoms with Gasteiger partial charge >= 0.3 is 0 Å². The van der Waals surface area contributed by atoms with Crippen LogP contribution in [0.15, 0.2) is 46.7 Å². The fraction of sp³-hybridized carbons (Fsp3) is 0.238. The lowest BCUT2D eigenvalue weighted by Crippen LogP contribution is -2.20. The van der Waals surface area contributed by atoms with Crippen LogP contribution in [-0.2, 0) is 11.3 Å². The number of rotatable bonds is 9. The average Bonchev–Trinajstić information content (AvgIpc) is 3.22. The molecule has 1 amide bonds. The Hall–Kier alpha value is -3.73. The van der Waals surface area contributed by atoms with Crippen molar-refractivity contribution in [3.8, 4) is 34.4 Å². The third-order valence-corrected chi connectivity index (χ3v) is 5.38. The molecule has 0 radical (unpaired) electrons. The van der Waals surface area contributed by atoms with Crippen LogP contribution < -0.4 is 14.9 Å². The van der Waals surface area contributed by atoms with Gasteiger partial charge in [0.1, 0.15) is 0 Å². The average molecular weight is 458 g/mol. The summed E-state index contributed by atoms with van der Waals surface area (Å²) in [6.45, 7) is 2.58. The molecule has 168 valence electrons. The second-order valence-corrected chi connectivity index (χ2v) is 7.39. The lowest BCUT2D eigenvalue weighted by atomic mass is 10.2. The summed E-state index contributed by atoms with van der Waals surface area (Å²) in [6, 6.07) is 9.72. The summed E-state index contributed by atoms with van der Waals surface area (Å²) in [5.74, 6) is 1.13. The second kappa shape index (κ2) is 10.5. The molecule has 0 aliphatic heterocycles. The minimum atomic E-state index is -0.326. The molecule has 1 heterocycles. The first kappa shape index (κ1) is 22.9. The third-order valence-electron chi connectivity index (χ3n) is 4.41. The molecule has 0 atom stereocenters. The Morgan fingerprint density at radius 1 is 1.12 bits per heavy atom. The molecule has 3 N–H and O–H groups in total. The quantitative estimate of drug-likeness (QED) is 0.193. The number of phenolic OH excluding ortho intramolecular Hbond substituents is 2. The number of carbonyl (C=O) groups is 1. The van der Waals surface area contributed by atoms with Gasteiger partial charge in [0.25, 0.3) is 5.91 Å². The first-order valence-corrected chi connectivity index (χ1v) is 10.6. The van der Waals surface area contributed by atoms with Crippen LogP contribution in [0.25, 0.3) is 11.4 Å². The fourth-order valence-electron chi connectivity index (χ4n) is 2.83. The summed E-state index contributed by atoms with van der Waals surface area (Å²) < 4.78 is 12.5. The summed E-state index contributed by atoms with van der Waals surface area (Å²) in [5, 5.41) is 31.7. The molecular formula is C21H23N5O5S. The molecule has 10 nitrogen and oxygen atoms in total. The molecule has 0 saturated heterocycles. The zero-order chi connectivity index (χ0) is 23.1. The molecule has 32 heavy (non-hydrogen) atoms. The van der Waals surface area contributed by atoms with E-state index >= 15 is 0 Å². The van der Waals surface area contributed by atoms with Crippen molar-refractivity contribution in [1.82, 2.24) is 20.2 Å². The minimum absolute atomic E-state index is 0.0856. The summed E-state index contributed by atoms with van der Waals surface area (Å²) >= 11 is 1.24. The van der Waals surface area contributed by atoms with E-state index in [1.54, 1.807) is 26.4 Å². The molecule has 0 spiro atoms. The molecule has 11 heteroatoms. The zero-order valence-electron chi connectivity index (χ0n) is 17.8. The standard InChI is InChI=1S/C21H23N5O5S/c1-4-26-20(14-6-8-17(30-2)18(10-14)31-3)24-25-21(26)32-12-19(29)23-22-11-13-5-7-15(27)16(28)9-13/h5-11,27-28H,4,12H2,1-3H3,(H,23,29). The van der Waals surface area contributed by atoms with Gasteiger partial charge in [0, 0.05) is 12.1 Å². The molecule has 0 aliphatic rings.